The Bertz CT molecular complexity index is 752. The second-order valence-corrected chi connectivity index (χ2v) is 5.24. The normalized spacial score (nSPS) is 10.3. The second kappa shape index (κ2) is 6.52. The summed E-state index contributed by atoms with van der Waals surface area (Å²) >= 11 is 3.12. The first-order chi connectivity index (χ1) is 10.4. The number of carbonyl (C=O) groups is 1. The zero-order valence-electron chi connectivity index (χ0n) is 11.1. The van der Waals surface area contributed by atoms with Crippen molar-refractivity contribution in [3.8, 4) is 5.75 Å². The second-order valence-electron chi connectivity index (χ2n) is 4.33. The van der Waals surface area contributed by atoms with Gasteiger partial charge in [0.05, 0.1) is 10.5 Å². The van der Waals surface area contributed by atoms with Crippen molar-refractivity contribution in [2.75, 3.05) is 0 Å². The summed E-state index contributed by atoms with van der Waals surface area (Å²) in [5, 5.41) is 11.0. The number of nitrogens with two attached hydrogens (primary N) is 1. The van der Waals surface area contributed by atoms with E-state index in [1.54, 1.807) is 6.07 Å². The van der Waals surface area contributed by atoms with Crippen molar-refractivity contribution in [3.63, 3.8) is 0 Å². The minimum absolute atomic E-state index is 0.0188. The third-order valence-corrected chi connectivity index (χ3v) is 3.34. The Hall–Kier alpha value is -2.48. The zero-order valence-corrected chi connectivity index (χ0v) is 12.7. The number of nitro benzene ring substituents is 1. The third-order valence-electron chi connectivity index (χ3n) is 2.84. The molecular formula is C14H10BrFN2O4. The lowest BCUT2D eigenvalue weighted by Crippen LogP contribution is -2.12. The lowest BCUT2D eigenvalue weighted by Gasteiger charge is -2.08. The highest BCUT2D eigenvalue weighted by molar-refractivity contribution is 9.10. The fourth-order valence-electron chi connectivity index (χ4n) is 1.76. The fourth-order valence-corrected chi connectivity index (χ4v) is 2.09. The van der Waals surface area contributed by atoms with Crippen LogP contribution in [-0.2, 0) is 6.61 Å². The van der Waals surface area contributed by atoms with Crippen LogP contribution in [0.2, 0.25) is 0 Å². The Kier molecular flexibility index (Phi) is 4.71. The van der Waals surface area contributed by atoms with E-state index in [9.17, 15) is 19.3 Å². The number of primary amides is 1. The summed E-state index contributed by atoms with van der Waals surface area (Å²) in [6, 6.07) is 7.99. The van der Waals surface area contributed by atoms with Crippen molar-refractivity contribution in [1.82, 2.24) is 0 Å². The number of rotatable bonds is 5. The Labute approximate surface area is 133 Å². The van der Waals surface area contributed by atoms with Crippen molar-refractivity contribution in [2.45, 2.75) is 6.61 Å². The Morgan fingerprint density at radius 3 is 2.64 bits per heavy atom. The summed E-state index contributed by atoms with van der Waals surface area (Å²) in [5.41, 5.74) is 5.00. The Morgan fingerprint density at radius 2 is 2.05 bits per heavy atom. The molecule has 2 rings (SSSR count). The molecule has 0 fully saturated rings. The molecule has 0 aliphatic rings. The van der Waals surface area contributed by atoms with E-state index in [-0.39, 0.29) is 29.2 Å². The van der Waals surface area contributed by atoms with Crippen molar-refractivity contribution in [3.05, 3.63) is 67.9 Å². The van der Waals surface area contributed by atoms with Gasteiger partial charge in [-0.3, -0.25) is 14.9 Å². The average molecular weight is 369 g/mol. The first-order valence-corrected chi connectivity index (χ1v) is 6.82. The predicted octanol–water partition coefficient (Wildman–Crippen LogP) is 3.17. The van der Waals surface area contributed by atoms with Crippen LogP contribution in [0.1, 0.15) is 15.9 Å². The topological polar surface area (TPSA) is 95.5 Å². The SMILES string of the molecule is NC(=O)c1ccc(COc2ccc(Br)cc2F)c([N+](=O)[O-])c1. The highest BCUT2D eigenvalue weighted by Crippen LogP contribution is 2.25. The van der Waals surface area contributed by atoms with Gasteiger partial charge in [-0.2, -0.15) is 0 Å². The molecule has 22 heavy (non-hydrogen) atoms. The summed E-state index contributed by atoms with van der Waals surface area (Å²) in [4.78, 5) is 21.4. The molecule has 2 N–H and O–H groups in total. The maximum absolute atomic E-state index is 13.6. The van der Waals surface area contributed by atoms with Gasteiger partial charge in [0.1, 0.15) is 6.61 Å². The molecule has 6 nitrogen and oxygen atoms in total. The van der Waals surface area contributed by atoms with Gasteiger partial charge in [0.25, 0.3) is 5.69 Å². The largest absolute Gasteiger partial charge is 0.486 e. The molecule has 2 aromatic carbocycles. The number of amides is 1. The summed E-state index contributed by atoms with van der Waals surface area (Å²) in [6.45, 7) is -0.214. The van der Waals surface area contributed by atoms with Crippen LogP contribution in [0.4, 0.5) is 10.1 Å². The van der Waals surface area contributed by atoms with E-state index in [1.807, 2.05) is 0 Å². The van der Waals surface area contributed by atoms with Gasteiger partial charge in [0, 0.05) is 16.1 Å². The predicted molar refractivity (Wildman–Crippen MR) is 80.0 cm³/mol. The van der Waals surface area contributed by atoms with Crippen molar-refractivity contribution >= 4 is 27.5 Å². The Balaban J connectivity index is 2.25. The summed E-state index contributed by atoms with van der Waals surface area (Å²) < 4.78 is 19.4. The van der Waals surface area contributed by atoms with Crippen LogP contribution in [-0.4, -0.2) is 10.8 Å². The first kappa shape index (κ1) is 15.9. The maximum atomic E-state index is 13.6. The number of hydrogen-bond acceptors (Lipinski definition) is 4. The van der Waals surface area contributed by atoms with Gasteiger partial charge in [-0.25, -0.2) is 4.39 Å². The molecule has 2 aromatic rings. The van der Waals surface area contributed by atoms with E-state index >= 15 is 0 Å². The van der Waals surface area contributed by atoms with Crippen molar-refractivity contribution in [2.24, 2.45) is 5.73 Å². The highest BCUT2D eigenvalue weighted by Gasteiger charge is 2.17. The molecule has 0 atom stereocenters. The third kappa shape index (κ3) is 3.59. The van der Waals surface area contributed by atoms with Crippen LogP contribution in [0.15, 0.2) is 40.9 Å². The molecule has 0 heterocycles. The van der Waals surface area contributed by atoms with Gasteiger partial charge in [-0.05, 0) is 30.3 Å². The minimum Gasteiger partial charge on any atom is -0.486 e. The van der Waals surface area contributed by atoms with E-state index in [2.05, 4.69) is 15.9 Å². The van der Waals surface area contributed by atoms with Crippen molar-refractivity contribution < 1.29 is 18.8 Å². The van der Waals surface area contributed by atoms with Crippen LogP contribution in [0, 0.1) is 15.9 Å². The molecule has 0 bridgehead atoms. The van der Waals surface area contributed by atoms with Crippen LogP contribution < -0.4 is 10.5 Å². The quantitative estimate of drug-likeness (QED) is 0.647. The molecule has 0 aromatic heterocycles. The fraction of sp³-hybridized carbons (Fsp3) is 0.0714. The van der Waals surface area contributed by atoms with E-state index in [1.165, 1.54) is 24.3 Å². The molecular weight excluding hydrogens is 359 g/mol. The van der Waals surface area contributed by atoms with Gasteiger partial charge in [-0.1, -0.05) is 15.9 Å². The summed E-state index contributed by atoms with van der Waals surface area (Å²) in [6.07, 6.45) is 0. The maximum Gasteiger partial charge on any atom is 0.276 e. The lowest BCUT2D eigenvalue weighted by atomic mass is 10.1. The number of benzene rings is 2. The highest BCUT2D eigenvalue weighted by atomic mass is 79.9. The molecule has 0 saturated heterocycles. The number of ether oxygens (including phenoxy) is 1. The first-order valence-electron chi connectivity index (χ1n) is 6.03. The smallest absolute Gasteiger partial charge is 0.276 e. The number of nitro groups is 1. The molecule has 114 valence electrons. The van der Waals surface area contributed by atoms with E-state index in [0.29, 0.717) is 4.47 Å². The molecule has 0 aliphatic carbocycles. The number of hydrogen-bond donors (Lipinski definition) is 1. The summed E-state index contributed by atoms with van der Waals surface area (Å²) in [7, 11) is 0. The van der Waals surface area contributed by atoms with Gasteiger partial charge >= 0.3 is 0 Å². The molecule has 8 heteroatoms. The number of halogens is 2. The van der Waals surface area contributed by atoms with E-state index in [0.717, 1.165) is 6.07 Å². The van der Waals surface area contributed by atoms with Gasteiger partial charge in [0.2, 0.25) is 5.91 Å². The molecule has 1 amide bonds. The van der Waals surface area contributed by atoms with Crippen LogP contribution in [0.3, 0.4) is 0 Å². The standard InChI is InChI=1S/C14H10BrFN2O4/c15-10-3-4-13(11(16)6-10)22-7-9-2-1-8(14(17)19)5-12(9)18(20)21/h1-6H,7H2,(H2,17,19). The van der Waals surface area contributed by atoms with Crippen molar-refractivity contribution in [1.29, 1.82) is 0 Å². The van der Waals surface area contributed by atoms with Gasteiger partial charge in [-0.15, -0.1) is 0 Å². The molecule has 0 spiro atoms. The molecule has 0 saturated carbocycles. The molecule has 0 unspecified atom stereocenters. The molecule has 0 aliphatic heterocycles. The number of nitrogens with zero attached hydrogens (tertiary/aromatic N) is 1. The van der Waals surface area contributed by atoms with E-state index in [4.69, 9.17) is 10.5 Å². The van der Waals surface area contributed by atoms with E-state index < -0.39 is 16.6 Å². The zero-order chi connectivity index (χ0) is 16.3. The van der Waals surface area contributed by atoms with Crippen LogP contribution >= 0.6 is 15.9 Å². The lowest BCUT2D eigenvalue weighted by molar-refractivity contribution is -0.385. The van der Waals surface area contributed by atoms with Gasteiger partial charge < -0.3 is 10.5 Å². The monoisotopic (exact) mass is 368 g/mol. The van der Waals surface area contributed by atoms with Crippen LogP contribution in [0.5, 0.6) is 5.75 Å². The average Bonchev–Trinajstić information content (AvgIpc) is 2.46. The number of carbonyl (C=O) groups excluding carboxylic acids is 1. The summed E-state index contributed by atoms with van der Waals surface area (Å²) in [5.74, 6) is -1.39. The van der Waals surface area contributed by atoms with Gasteiger partial charge in [0.15, 0.2) is 11.6 Å². The molecule has 0 radical (unpaired) electrons. The Morgan fingerprint density at radius 1 is 1.32 bits per heavy atom. The van der Waals surface area contributed by atoms with Crippen LogP contribution in [0.25, 0.3) is 0 Å². The minimum atomic E-state index is -0.769.